The zero-order valence-corrected chi connectivity index (χ0v) is 8.36. The Labute approximate surface area is 91.3 Å². The van der Waals surface area contributed by atoms with Gasteiger partial charge in [-0.1, -0.05) is 11.8 Å². The fraction of sp³-hybridized carbons (Fsp3) is 0.0833. The molecule has 1 aromatic carbocycles. The average molecular weight is 212 g/mol. The molecule has 4 heteroatoms. The summed E-state index contributed by atoms with van der Waals surface area (Å²) in [6.45, 7) is 0. The topological polar surface area (TPSA) is 62.8 Å². The van der Waals surface area contributed by atoms with Gasteiger partial charge in [-0.2, -0.15) is 5.10 Å². The van der Waals surface area contributed by atoms with Crippen molar-refractivity contribution in [3.05, 3.63) is 40.3 Å². The van der Waals surface area contributed by atoms with E-state index in [1.165, 1.54) is 0 Å². The van der Waals surface area contributed by atoms with Gasteiger partial charge >= 0.3 is 0 Å². The van der Waals surface area contributed by atoms with Gasteiger partial charge in [-0.25, -0.2) is 5.10 Å². The summed E-state index contributed by atoms with van der Waals surface area (Å²) < 4.78 is 0. The van der Waals surface area contributed by atoms with Crippen LogP contribution in [0.15, 0.2) is 29.2 Å². The first-order chi connectivity index (χ1) is 7.81. The average Bonchev–Trinajstić information content (AvgIpc) is 2.30. The largest absolute Gasteiger partial charge is 0.302 e. The van der Waals surface area contributed by atoms with Crippen LogP contribution in [0.2, 0.25) is 0 Å². The van der Waals surface area contributed by atoms with Crippen LogP contribution in [0, 0.1) is 11.8 Å². The van der Waals surface area contributed by atoms with Crippen molar-refractivity contribution >= 4 is 17.1 Å². The van der Waals surface area contributed by atoms with Crippen LogP contribution in [0.5, 0.6) is 0 Å². The molecule has 0 saturated heterocycles. The summed E-state index contributed by atoms with van der Waals surface area (Å²) in [6, 6.07) is 5.21. The van der Waals surface area contributed by atoms with Crippen LogP contribution in [0.1, 0.15) is 12.0 Å². The molecule has 0 atom stereocenters. The molecule has 1 N–H and O–H groups in total. The van der Waals surface area contributed by atoms with Gasteiger partial charge in [-0.05, 0) is 18.2 Å². The Morgan fingerprint density at radius 3 is 3.12 bits per heavy atom. The molecule has 1 heterocycles. The SMILES string of the molecule is O=CCC#Cc1ccc2c(=O)[nH]ncc2c1. The van der Waals surface area contributed by atoms with Crippen molar-refractivity contribution < 1.29 is 4.79 Å². The van der Waals surface area contributed by atoms with E-state index in [1.54, 1.807) is 24.4 Å². The van der Waals surface area contributed by atoms with Gasteiger partial charge in [0, 0.05) is 10.9 Å². The van der Waals surface area contributed by atoms with E-state index in [0.717, 1.165) is 17.2 Å². The molecule has 0 aliphatic heterocycles. The third kappa shape index (κ3) is 1.98. The molecule has 4 nitrogen and oxygen atoms in total. The van der Waals surface area contributed by atoms with Gasteiger partial charge in [0.15, 0.2) is 0 Å². The zero-order valence-electron chi connectivity index (χ0n) is 8.36. The van der Waals surface area contributed by atoms with Crippen molar-refractivity contribution in [1.82, 2.24) is 10.2 Å². The number of carbonyl (C=O) groups is 1. The molecule has 0 amide bonds. The number of fused-ring (bicyclic) bond motifs is 1. The highest BCUT2D eigenvalue weighted by molar-refractivity contribution is 5.81. The Bertz CT molecular complexity index is 647. The van der Waals surface area contributed by atoms with Crippen LogP contribution < -0.4 is 5.56 Å². The monoisotopic (exact) mass is 212 g/mol. The molecule has 0 saturated carbocycles. The van der Waals surface area contributed by atoms with Crippen molar-refractivity contribution in [3.63, 3.8) is 0 Å². The minimum absolute atomic E-state index is 0.214. The van der Waals surface area contributed by atoms with Gasteiger partial charge in [0.2, 0.25) is 0 Å². The van der Waals surface area contributed by atoms with Gasteiger partial charge in [0.25, 0.3) is 5.56 Å². The highest BCUT2D eigenvalue weighted by atomic mass is 16.1. The van der Waals surface area contributed by atoms with E-state index in [0.29, 0.717) is 5.39 Å². The number of rotatable bonds is 1. The van der Waals surface area contributed by atoms with Crippen molar-refractivity contribution in [2.75, 3.05) is 0 Å². The number of nitrogens with one attached hydrogen (secondary N) is 1. The minimum Gasteiger partial charge on any atom is -0.302 e. The summed E-state index contributed by atoms with van der Waals surface area (Å²) in [5.41, 5.74) is 0.548. The van der Waals surface area contributed by atoms with E-state index >= 15 is 0 Å². The first-order valence-electron chi connectivity index (χ1n) is 4.71. The summed E-state index contributed by atoms with van der Waals surface area (Å²) in [5, 5.41) is 7.38. The number of aldehydes is 1. The maximum atomic E-state index is 11.3. The Balaban J connectivity index is 2.50. The Kier molecular flexibility index (Phi) is 2.79. The van der Waals surface area contributed by atoms with E-state index in [9.17, 15) is 9.59 Å². The fourth-order valence-corrected chi connectivity index (χ4v) is 1.37. The lowest BCUT2D eigenvalue weighted by Gasteiger charge is -1.95. The second-order valence-electron chi connectivity index (χ2n) is 3.17. The van der Waals surface area contributed by atoms with Crippen LogP contribution in [-0.2, 0) is 4.79 Å². The Morgan fingerprint density at radius 1 is 1.44 bits per heavy atom. The van der Waals surface area contributed by atoms with Gasteiger partial charge < -0.3 is 4.79 Å². The van der Waals surface area contributed by atoms with E-state index in [2.05, 4.69) is 22.0 Å². The molecular formula is C12H8N2O2. The minimum atomic E-state index is -0.218. The highest BCUT2D eigenvalue weighted by Gasteiger charge is 1.98. The summed E-state index contributed by atoms with van der Waals surface area (Å²) in [7, 11) is 0. The van der Waals surface area contributed by atoms with Gasteiger partial charge in [0.1, 0.15) is 6.29 Å². The van der Waals surface area contributed by atoms with Crippen LogP contribution in [-0.4, -0.2) is 16.5 Å². The second-order valence-corrected chi connectivity index (χ2v) is 3.17. The van der Waals surface area contributed by atoms with Crippen molar-refractivity contribution in [3.8, 4) is 11.8 Å². The molecule has 0 bridgehead atoms. The first-order valence-corrected chi connectivity index (χ1v) is 4.71. The van der Waals surface area contributed by atoms with Gasteiger partial charge in [-0.3, -0.25) is 4.79 Å². The summed E-state index contributed by atoms with van der Waals surface area (Å²) >= 11 is 0. The summed E-state index contributed by atoms with van der Waals surface area (Å²) in [5.74, 6) is 5.54. The van der Waals surface area contributed by atoms with Crippen LogP contribution >= 0.6 is 0 Å². The highest BCUT2D eigenvalue weighted by Crippen LogP contribution is 2.09. The molecule has 0 spiro atoms. The third-order valence-corrected chi connectivity index (χ3v) is 2.08. The molecule has 0 radical (unpaired) electrons. The zero-order chi connectivity index (χ0) is 11.4. The molecule has 16 heavy (non-hydrogen) atoms. The number of carbonyl (C=O) groups excluding carboxylic acids is 1. The Hall–Kier alpha value is -2.41. The third-order valence-electron chi connectivity index (χ3n) is 2.08. The molecule has 78 valence electrons. The number of H-pyrrole nitrogens is 1. The van der Waals surface area contributed by atoms with Gasteiger partial charge in [-0.15, -0.1) is 0 Å². The standard InChI is InChI=1S/C12H8N2O2/c15-6-2-1-3-9-4-5-11-10(7-9)8-13-14-12(11)16/h4-8H,2H2,(H,14,16). The van der Waals surface area contributed by atoms with E-state index in [-0.39, 0.29) is 12.0 Å². The second kappa shape index (κ2) is 4.41. The number of aromatic nitrogens is 2. The first kappa shape index (κ1) is 10.1. The molecule has 2 aromatic rings. The number of hydrogen-bond donors (Lipinski definition) is 1. The van der Waals surface area contributed by atoms with Crippen LogP contribution in [0.25, 0.3) is 10.8 Å². The molecule has 1 aromatic heterocycles. The van der Waals surface area contributed by atoms with Crippen LogP contribution in [0.4, 0.5) is 0 Å². The normalized spacial score (nSPS) is 9.50. The van der Waals surface area contributed by atoms with E-state index in [1.807, 2.05) is 0 Å². The number of nitrogens with zero attached hydrogens (tertiary/aromatic N) is 1. The lowest BCUT2D eigenvalue weighted by molar-refractivity contribution is -0.107. The molecular weight excluding hydrogens is 204 g/mol. The smallest absolute Gasteiger partial charge is 0.272 e. The number of aromatic amines is 1. The van der Waals surface area contributed by atoms with E-state index < -0.39 is 0 Å². The lowest BCUT2D eigenvalue weighted by Crippen LogP contribution is -2.07. The van der Waals surface area contributed by atoms with Crippen LogP contribution in [0.3, 0.4) is 0 Å². The molecule has 0 fully saturated rings. The molecule has 0 aliphatic carbocycles. The number of benzene rings is 1. The van der Waals surface area contributed by atoms with Crippen molar-refractivity contribution in [1.29, 1.82) is 0 Å². The maximum absolute atomic E-state index is 11.3. The molecule has 2 rings (SSSR count). The van der Waals surface area contributed by atoms with E-state index in [4.69, 9.17) is 0 Å². The quantitative estimate of drug-likeness (QED) is 0.563. The number of hydrogen-bond acceptors (Lipinski definition) is 3. The summed E-state index contributed by atoms with van der Waals surface area (Å²) in [6.07, 6.45) is 2.54. The van der Waals surface area contributed by atoms with Crippen molar-refractivity contribution in [2.24, 2.45) is 0 Å². The molecule has 0 aliphatic rings. The summed E-state index contributed by atoms with van der Waals surface area (Å²) in [4.78, 5) is 21.4. The lowest BCUT2D eigenvalue weighted by atomic mass is 10.1. The fourth-order valence-electron chi connectivity index (χ4n) is 1.37. The predicted molar refractivity (Wildman–Crippen MR) is 59.9 cm³/mol. The Morgan fingerprint density at radius 2 is 2.31 bits per heavy atom. The molecule has 0 unspecified atom stereocenters. The maximum Gasteiger partial charge on any atom is 0.272 e. The van der Waals surface area contributed by atoms with Gasteiger partial charge in [0.05, 0.1) is 18.0 Å². The van der Waals surface area contributed by atoms with Crippen molar-refractivity contribution in [2.45, 2.75) is 6.42 Å². The predicted octanol–water partition coefficient (Wildman–Crippen LogP) is 0.864.